The van der Waals surface area contributed by atoms with Gasteiger partial charge in [-0.2, -0.15) is 0 Å². The van der Waals surface area contributed by atoms with Crippen molar-refractivity contribution in [3.8, 4) is 17.0 Å². The highest BCUT2D eigenvalue weighted by Gasteiger charge is 2.20. The summed E-state index contributed by atoms with van der Waals surface area (Å²) in [5, 5.41) is 7.77. The molecule has 0 saturated carbocycles. The standard InChI is InChI=1S/C23H20N2O2S/c1-2-21(27-19-10-4-3-5-11-19)22(26)25-23-24-20(15-28-23)18-13-12-16-8-6-7-9-17(16)14-18/h3-15,21H,2H2,1H3,(H,24,25,26). The summed E-state index contributed by atoms with van der Waals surface area (Å²) in [4.78, 5) is 17.2. The molecule has 1 unspecified atom stereocenters. The fraction of sp³-hybridized carbons (Fsp3) is 0.130. The number of para-hydroxylation sites is 1. The van der Waals surface area contributed by atoms with Crippen molar-refractivity contribution in [2.24, 2.45) is 0 Å². The van der Waals surface area contributed by atoms with Gasteiger partial charge in [0.2, 0.25) is 0 Å². The SMILES string of the molecule is CCC(Oc1ccccc1)C(=O)Nc1nc(-c2ccc3ccccc3c2)cs1. The number of benzene rings is 3. The third-order valence-corrected chi connectivity index (χ3v) is 5.22. The number of carbonyl (C=O) groups is 1. The Hall–Kier alpha value is -3.18. The molecule has 0 fully saturated rings. The Kier molecular flexibility index (Phi) is 5.35. The van der Waals surface area contributed by atoms with Gasteiger partial charge >= 0.3 is 0 Å². The van der Waals surface area contributed by atoms with Crippen molar-refractivity contribution in [2.75, 3.05) is 5.32 Å². The Morgan fingerprint density at radius 1 is 1.04 bits per heavy atom. The molecule has 1 amide bonds. The molecule has 0 saturated heterocycles. The number of hydrogen-bond acceptors (Lipinski definition) is 4. The highest BCUT2D eigenvalue weighted by Crippen LogP contribution is 2.28. The van der Waals surface area contributed by atoms with E-state index in [9.17, 15) is 4.79 Å². The van der Waals surface area contributed by atoms with Crippen LogP contribution in [0.25, 0.3) is 22.0 Å². The minimum absolute atomic E-state index is 0.189. The highest BCUT2D eigenvalue weighted by molar-refractivity contribution is 7.14. The number of hydrogen-bond donors (Lipinski definition) is 1. The van der Waals surface area contributed by atoms with E-state index in [-0.39, 0.29) is 5.91 Å². The second-order valence-corrected chi connectivity index (χ2v) is 7.27. The van der Waals surface area contributed by atoms with Crippen LogP contribution in [-0.2, 0) is 4.79 Å². The molecule has 1 N–H and O–H groups in total. The first kappa shape index (κ1) is 18.2. The lowest BCUT2D eigenvalue weighted by Gasteiger charge is -2.16. The van der Waals surface area contributed by atoms with Crippen LogP contribution in [0, 0.1) is 0 Å². The number of aromatic nitrogens is 1. The monoisotopic (exact) mass is 388 g/mol. The Morgan fingerprint density at radius 2 is 1.79 bits per heavy atom. The Morgan fingerprint density at radius 3 is 2.57 bits per heavy atom. The van der Waals surface area contributed by atoms with E-state index in [1.165, 1.54) is 22.1 Å². The van der Waals surface area contributed by atoms with Gasteiger partial charge in [0.1, 0.15) is 5.75 Å². The molecule has 0 spiro atoms. The Labute approximate surface area is 167 Å². The van der Waals surface area contributed by atoms with Gasteiger partial charge in [0.25, 0.3) is 5.91 Å². The number of anilines is 1. The maximum absolute atomic E-state index is 12.6. The minimum Gasteiger partial charge on any atom is -0.481 e. The van der Waals surface area contributed by atoms with Gasteiger partial charge < -0.3 is 4.74 Å². The van der Waals surface area contributed by atoms with Gasteiger partial charge in [-0.3, -0.25) is 10.1 Å². The van der Waals surface area contributed by atoms with E-state index in [1.54, 1.807) is 0 Å². The zero-order valence-electron chi connectivity index (χ0n) is 15.5. The topological polar surface area (TPSA) is 51.2 Å². The fourth-order valence-electron chi connectivity index (χ4n) is 2.98. The number of carbonyl (C=O) groups excluding carboxylic acids is 1. The molecule has 0 aliphatic carbocycles. The number of nitrogens with one attached hydrogen (secondary N) is 1. The van der Waals surface area contributed by atoms with Crippen LogP contribution in [0.15, 0.2) is 78.2 Å². The average molecular weight is 388 g/mol. The number of thiazole rings is 1. The van der Waals surface area contributed by atoms with Crippen LogP contribution >= 0.6 is 11.3 Å². The molecule has 4 aromatic rings. The Bertz CT molecular complexity index is 1090. The van der Waals surface area contributed by atoms with E-state index in [2.05, 4.69) is 40.6 Å². The van der Waals surface area contributed by atoms with Gasteiger partial charge in [-0.15, -0.1) is 11.3 Å². The quantitative estimate of drug-likeness (QED) is 0.457. The molecule has 0 aliphatic heterocycles. The number of fused-ring (bicyclic) bond motifs is 1. The van der Waals surface area contributed by atoms with Crippen molar-refractivity contribution >= 4 is 33.1 Å². The number of nitrogens with zero attached hydrogens (tertiary/aromatic N) is 1. The maximum Gasteiger partial charge on any atom is 0.267 e. The summed E-state index contributed by atoms with van der Waals surface area (Å²) in [5.41, 5.74) is 1.88. The first-order valence-corrected chi connectivity index (χ1v) is 10.1. The zero-order chi connectivity index (χ0) is 19.3. The van der Waals surface area contributed by atoms with Crippen molar-refractivity contribution in [1.29, 1.82) is 0 Å². The normalized spacial score (nSPS) is 11.9. The van der Waals surface area contributed by atoms with E-state index in [4.69, 9.17) is 4.74 Å². The third kappa shape index (κ3) is 4.05. The second-order valence-electron chi connectivity index (χ2n) is 6.42. The van der Waals surface area contributed by atoms with E-state index in [1.807, 2.05) is 54.8 Å². The van der Waals surface area contributed by atoms with Gasteiger partial charge in [-0.1, -0.05) is 61.5 Å². The number of ether oxygens (including phenoxy) is 1. The first-order valence-electron chi connectivity index (χ1n) is 9.20. The van der Waals surface area contributed by atoms with Gasteiger partial charge in [-0.25, -0.2) is 4.98 Å². The van der Waals surface area contributed by atoms with Crippen LogP contribution in [0.1, 0.15) is 13.3 Å². The third-order valence-electron chi connectivity index (χ3n) is 4.46. The maximum atomic E-state index is 12.6. The average Bonchev–Trinajstić information content (AvgIpc) is 3.20. The molecular formula is C23H20N2O2S. The van der Waals surface area contributed by atoms with Gasteiger partial charge in [0, 0.05) is 10.9 Å². The molecule has 5 heteroatoms. The molecule has 0 bridgehead atoms. The Balaban J connectivity index is 1.48. The predicted octanol–water partition coefficient (Wildman–Crippen LogP) is 5.76. The number of rotatable bonds is 6. The van der Waals surface area contributed by atoms with Crippen LogP contribution in [0.2, 0.25) is 0 Å². The fourth-order valence-corrected chi connectivity index (χ4v) is 3.71. The molecule has 3 aromatic carbocycles. The zero-order valence-corrected chi connectivity index (χ0v) is 16.3. The van der Waals surface area contributed by atoms with E-state index < -0.39 is 6.10 Å². The van der Waals surface area contributed by atoms with Crippen LogP contribution in [0.5, 0.6) is 5.75 Å². The van der Waals surface area contributed by atoms with Crippen LogP contribution in [-0.4, -0.2) is 17.0 Å². The summed E-state index contributed by atoms with van der Waals surface area (Å²) in [6, 6.07) is 23.8. The molecule has 1 atom stereocenters. The second kappa shape index (κ2) is 8.23. The first-order chi connectivity index (χ1) is 13.7. The highest BCUT2D eigenvalue weighted by atomic mass is 32.1. The van der Waals surface area contributed by atoms with Gasteiger partial charge in [0.15, 0.2) is 11.2 Å². The van der Waals surface area contributed by atoms with Crippen LogP contribution in [0.4, 0.5) is 5.13 Å². The summed E-state index contributed by atoms with van der Waals surface area (Å²) >= 11 is 1.41. The lowest BCUT2D eigenvalue weighted by Crippen LogP contribution is -2.32. The molecule has 1 aromatic heterocycles. The minimum atomic E-state index is -0.560. The van der Waals surface area contributed by atoms with Crippen molar-refractivity contribution < 1.29 is 9.53 Å². The molecule has 0 aliphatic rings. The summed E-state index contributed by atoms with van der Waals surface area (Å²) in [6.07, 6.45) is 0.0133. The van der Waals surface area contributed by atoms with E-state index in [0.29, 0.717) is 17.3 Å². The summed E-state index contributed by atoms with van der Waals surface area (Å²) in [5.74, 6) is 0.492. The number of amides is 1. The molecule has 4 rings (SSSR count). The summed E-state index contributed by atoms with van der Waals surface area (Å²) in [6.45, 7) is 1.93. The predicted molar refractivity (Wildman–Crippen MR) is 115 cm³/mol. The molecule has 28 heavy (non-hydrogen) atoms. The van der Waals surface area contributed by atoms with Gasteiger partial charge in [-0.05, 0) is 35.4 Å². The van der Waals surface area contributed by atoms with Crippen molar-refractivity contribution in [3.05, 3.63) is 78.2 Å². The van der Waals surface area contributed by atoms with Crippen molar-refractivity contribution in [2.45, 2.75) is 19.4 Å². The lowest BCUT2D eigenvalue weighted by molar-refractivity contribution is -0.122. The van der Waals surface area contributed by atoms with Gasteiger partial charge in [0.05, 0.1) is 5.69 Å². The summed E-state index contributed by atoms with van der Waals surface area (Å²) < 4.78 is 5.80. The molecule has 0 radical (unpaired) electrons. The summed E-state index contributed by atoms with van der Waals surface area (Å²) in [7, 11) is 0. The van der Waals surface area contributed by atoms with E-state index >= 15 is 0 Å². The molecule has 4 nitrogen and oxygen atoms in total. The smallest absolute Gasteiger partial charge is 0.267 e. The van der Waals surface area contributed by atoms with Crippen LogP contribution in [0.3, 0.4) is 0 Å². The van der Waals surface area contributed by atoms with Crippen LogP contribution < -0.4 is 10.1 Å². The largest absolute Gasteiger partial charge is 0.481 e. The molecular weight excluding hydrogens is 368 g/mol. The van der Waals surface area contributed by atoms with E-state index in [0.717, 1.165) is 11.3 Å². The van der Waals surface area contributed by atoms with Crippen molar-refractivity contribution in [1.82, 2.24) is 4.98 Å². The van der Waals surface area contributed by atoms with Crippen molar-refractivity contribution in [3.63, 3.8) is 0 Å². The molecule has 140 valence electrons. The lowest BCUT2D eigenvalue weighted by atomic mass is 10.1. The molecule has 1 heterocycles.